The zero-order valence-corrected chi connectivity index (χ0v) is 11.3. The molecule has 2 fully saturated rings. The van der Waals surface area contributed by atoms with Crippen molar-refractivity contribution in [3.63, 3.8) is 0 Å². The Balaban J connectivity index is 2.36. The van der Waals surface area contributed by atoms with Gasteiger partial charge in [0.05, 0.1) is 11.0 Å². The van der Waals surface area contributed by atoms with Gasteiger partial charge in [-0.25, -0.2) is 8.42 Å². The molecule has 3 nitrogen and oxygen atoms in total. The predicted molar refractivity (Wildman–Crippen MR) is 66.2 cm³/mol. The van der Waals surface area contributed by atoms with Gasteiger partial charge in [0, 0.05) is 12.1 Å². The summed E-state index contributed by atoms with van der Waals surface area (Å²) in [6.45, 7) is 6.50. The minimum absolute atomic E-state index is 0.106. The molecule has 0 spiro atoms. The summed E-state index contributed by atoms with van der Waals surface area (Å²) >= 11 is 0. The second-order valence-corrected chi connectivity index (χ2v) is 8.46. The normalized spacial score (nSPS) is 42.1. The standard InChI is InChI=1S/C12H23NO2S/c1-9-6-8-16(14,15)10-5-4-7-12(2,3)11(10)13-9/h9-11,13H,4-8H2,1-3H3. The molecule has 1 saturated heterocycles. The topological polar surface area (TPSA) is 46.2 Å². The van der Waals surface area contributed by atoms with Crippen molar-refractivity contribution in [3.05, 3.63) is 0 Å². The van der Waals surface area contributed by atoms with Gasteiger partial charge in [0.2, 0.25) is 0 Å². The lowest BCUT2D eigenvalue weighted by Gasteiger charge is -2.43. The van der Waals surface area contributed by atoms with Crippen LogP contribution in [0, 0.1) is 5.41 Å². The molecule has 1 N–H and O–H groups in total. The Morgan fingerprint density at radius 1 is 1.25 bits per heavy atom. The number of sulfone groups is 1. The Labute approximate surface area is 98.9 Å². The van der Waals surface area contributed by atoms with Crippen LogP contribution in [0.4, 0.5) is 0 Å². The third kappa shape index (κ3) is 2.14. The van der Waals surface area contributed by atoms with Crippen molar-refractivity contribution < 1.29 is 8.42 Å². The van der Waals surface area contributed by atoms with Crippen molar-refractivity contribution in [3.8, 4) is 0 Å². The highest BCUT2D eigenvalue weighted by Gasteiger charge is 2.46. The van der Waals surface area contributed by atoms with E-state index in [0.717, 1.165) is 25.7 Å². The van der Waals surface area contributed by atoms with Crippen LogP contribution in [-0.4, -0.2) is 31.5 Å². The average molecular weight is 245 g/mol. The molecule has 0 aromatic heterocycles. The molecule has 4 heteroatoms. The first-order valence-electron chi connectivity index (χ1n) is 6.30. The van der Waals surface area contributed by atoms with Crippen molar-refractivity contribution in [1.29, 1.82) is 0 Å². The quantitative estimate of drug-likeness (QED) is 0.707. The minimum atomic E-state index is -2.89. The van der Waals surface area contributed by atoms with E-state index in [1.54, 1.807) is 0 Å². The van der Waals surface area contributed by atoms with Crippen LogP contribution in [0.2, 0.25) is 0 Å². The molecule has 94 valence electrons. The molecule has 0 aromatic carbocycles. The lowest BCUT2D eigenvalue weighted by Crippen LogP contribution is -2.55. The molecule has 0 bridgehead atoms. The molecule has 2 aliphatic rings. The molecule has 1 heterocycles. The van der Waals surface area contributed by atoms with Gasteiger partial charge in [-0.1, -0.05) is 20.3 Å². The highest BCUT2D eigenvalue weighted by atomic mass is 32.2. The number of nitrogens with one attached hydrogen (secondary N) is 1. The molecule has 3 atom stereocenters. The van der Waals surface area contributed by atoms with E-state index in [1.807, 2.05) is 0 Å². The average Bonchev–Trinajstić information content (AvgIpc) is 2.27. The maximum absolute atomic E-state index is 12.2. The minimum Gasteiger partial charge on any atom is -0.310 e. The first kappa shape index (κ1) is 12.4. The lowest BCUT2D eigenvalue weighted by atomic mass is 9.72. The Morgan fingerprint density at radius 3 is 2.62 bits per heavy atom. The van der Waals surface area contributed by atoms with Crippen LogP contribution >= 0.6 is 0 Å². The Hall–Kier alpha value is -0.0900. The van der Waals surface area contributed by atoms with Crippen molar-refractivity contribution in [2.45, 2.75) is 63.8 Å². The van der Waals surface area contributed by atoms with Gasteiger partial charge in [-0.05, 0) is 31.6 Å². The molecule has 2 rings (SSSR count). The van der Waals surface area contributed by atoms with E-state index in [2.05, 4.69) is 26.1 Å². The number of fused-ring (bicyclic) bond motifs is 1. The summed E-state index contributed by atoms with van der Waals surface area (Å²) in [5.74, 6) is 0.360. The number of rotatable bonds is 0. The van der Waals surface area contributed by atoms with Crippen LogP contribution in [0.5, 0.6) is 0 Å². The van der Waals surface area contributed by atoms with Crippen LogP contribution < -0.4 is 5.32 Å². The second-order valence-electron chi connectivity index (χ2n) is 6.12. The van der Waals surface area contributed by atoms with Crippen LogP contribution in [0.1, 0.15) is 46.5 Å². The lowest BCUT2D eigenvalue weighted by molar-refractivity contribution is 0.163. The van der Waals surface area contributed by atoms with Crippen molar-refractivity contribution in [1.82, 2.24) is 5.32 Å². The van der Waals surface area contributed by atoms with E-state index in [-0.39, 0.29) is 16.7 Å². The van der Waals surface area contributed by atoms with Gasteiger partial charge >= 0.3 is 0 Å². The molecular weight excluding hydrogens is 222 g/mol. The van der Waals surface area contributed by atoms with E-state index in [1.165, 1.54) is 0 Å². The van der Waals surface area contributed by atoms with Gasteiger partial charge < -0.3 is 5.32 Å². The fourth-order valence-corrected chi connectivity index (χ4v) is 5.56. The molecule has 16 heavy (non-hydrogen) atoms. The van der Waals surface area contributed by atoms with Gasteiger partial charge in [-0.15, -0.1) is 0 Å². The monoisotopic (exact) mass is 245 g/mol. The molecule has 1 aliphatic heterocycles. The van der Waals surface area contributed by atoms with Crippen molar-refractivity contribution in [2.75, 3.05) is 5.75 Å². The van der Waals surface area contributed by atoms with Gasteiger partial charge in [0.1, 0.15) is 0 Å². The van der Waals surface area contributed by atoms with Crippen LogP contribution in [0.15, 0.2) is 0 Å². The number of hydrogen-bond donors (Lipinski definition) is 1. The first-order chi connectivity index (χ1) is 7.33. The molecule has 0 aromatic rings. The summed E-state index contributed by atoms with van der Waals surface area (Å²) in [6, 6.07) is 0.464. The summed E-state index contributed by atoms with van der Waals surface area (Å²) in [6.07, 6.45) is 3.77. The SMILES string of the molecule is CC1CCS(=O)(=O)C2CCCC(C)(C)C2N1. The first-order valence-corrected chi connectivity index (χ1v) is 8.02. The zero-order valence-electron chi connectivity index (χ0n) is 10.5. The van der Waals surface area contributed by atoms with Gasteiger partial charge in [0.15, 0.2) is 9.84 Å². The van der Waals surface area contributed by atoms with Crippen LogP contribution in [0.25, 0.3) is 0 Å². The summed E-state index contributed by atoms with van der Waals surface area (Å²) in [5.41, 5.74) is 0.106. The van der Waals surface area contributed by atoms with Gasteiger partial charge in [-0.2, -0.15) is 0 Å². The van der Waals surface area contributed by atoms with Gasteiger partial charge in [0.25, 0.3) is 0 Å². The molecular formula is C12H23NO2S. The fourth-order valence-electron chi connectivity index (χ4n) is 3.19. The third-order valence-electron chi connectivity index (χ3n) is 4.28. The highest BCUT2D eigenvalue weighted by molar-refractivity contribution is 7.92. The molecule has 1 saturated carbocycles. The van der Waals surface area contributed by atoms with E-state index >= 15 is 0 Å². The second kappa shape index (κ2) is 3.98. The maximum atomic E-state index is 12.2. The fraction of sp³-hybridized carbons (Fsp3) is 1.00. The van der Waals surface area contributed by atoms with Crippen molar-refractivity contribution in [2.24, 2.45) is 5.41 Å². The van der Waals surface area contributed by atoms with Crippen molar-refractivity contribution >= 4 is 9.84 Å². The molecule has 1 aliphatic carbocycles. The van der Waals surface area contributed by atoms with E-state index in [0.29, 0.717) is 11.8 Å². The molecule has 0 amide bonds. The molecule has 3 unspecified atom stereocenters. The number of hydrogen-bond acceptors (Lipinski definition) is 3. The summed E-state index contributed by atoms with van der Waals surface area (Å²) < 4.78 is 24.5. The Morgan fingerprint density at radius 2 is 1.94 bits per heavy atom. The summed E-state index contributed by atoms with van der Waals surface area (Å²) in [4.78, 5) is 0. The third-order valence-corrected chi connectivity index (χ3v) is 6.52. The smallest absolute Gasteiger partial charge is 0.154 e. The van der Waals surface area contributed by atoms with Crippen LogP contribution in [0.3, 0.4) is 0 Å². The Kier molecular flexibility index (Phi) is 3.08. The highest BCUT2D eigenvalue weighted by Crippen LogP contribution is 2.40. The van der Waals surface area contributed by atoms with E-state index in [9.17, 15) is 8.42 Å². The summed E-state index contributed by atoms with van der Waals surface area (Å²) in [7, 11) is -2.89. The van der Waals surface area contributed by atoms with Crippen LogP contribution in [-0.2, 0) is 9.84 Å². The van der Waals surface area contributed by atoms with Gasteiger partial charge in [-0.3, -0.25) is 0 Å². The predicted octanol–water partition coefficient (Wildman–Crippen LogP) is 1.73. The molecule has 0 radical (unpaired) electrons. The summed E-state index contributed by atoms with van der Waals surface area (Å²) in [5, 5.41) is 3.40. The zero-order chi connectivity index (χ0) is 12.0. The largest absolute Gasteiger partial charge is 0.310 e. The Bertz CT molecular complexity index is 361. The van der Waals surface area contributed by atoms with E-state index < -0.39 is 9.84 Å². The van der Waals surface area contributed by atoms with E-state index in [4.69, 9.17) is 0 Å². The maximum Gasteiger partial charge on any atom is 0.154 e.